The Kier molecular flexibility index (Phi) is 3.38. The van der Waals surface area contributed by atoms with Gasteiger partial charge in [-0.2, -0.15) is 0 Å². The van der Waals surface area contributed by atoms with E-state index in [1.54, 1.807) is 0 Å². The number of benzene rings is 2. The number of para-hydroxylation sites is 2. The minimum Gasteiger partial charge on any atom is -0.395 e. The number of aliphatic hydroxyl groups excluding tert-OH is 1. The average molecular weight is 254 g/mol. The summed E-state index contributed by atoms with van der Waals surface area (Å²) >= 11 is 0. The van der Waals surface area contributed by atoms with Gasteiger partial charge in [0.2, 0.25) is 0 Å². The number of hydrogen-bond acceptors (Lipinski definition) is 3. The van der Waals surface area contributed by atoms with Gasteiger partial charge in [-0.25, -0.2) is 0 Å². The number of fused-ring (bicyclic) bond motifs is 1. The lowest BCUT2D eigenvalue weighted by molar-refractivity contribution is 0.302. The van der Waals surface area contributed by atoms with Crippen molar-refractivity contribution in [3.8, 4) is 0 Å². The fraction of sp³-hybridized carbons (Fsp3) is 0.250. The molecule has 98 valence electrons. The van der Waals surface area contributed by atoms with Crippen molar-refractivity contribution in [2.45, 2.75) is 6.54 Å². The summed E-state index contributed by atoms with van der Waals surface area (Å²) in [6.07, 6.45) is 0. The van der Waals surface area contributed by atoms with Crippen molar-refractivity contribution in [2.75, 3.05) is 29.6 Å². The van der Waals surface area contributed by atoms with Crippen LogP contribution >= 0.6 is 0 Å². The third-order valence-corrected chi connectivity index (χ3v) is 3.49. The van der Waals surface area contributed by atoms with Gasteiger partial charge in [-0.3, -0.25) is 0 Å². The van der Waals surface area contributed by atoms with Crippen LogP contribution in [0.5, 0.6) is 0 Å². The molecule has 0 atom stereocenters. The first kappa shape index (κ1) is 12.1. The number of nitrogens with zero attached hydrogens (tertiary/aromatic N) is 2. The molecule has 0 saturated carbocycles. The number of rotatable bonds is 4. The molecule has 3 nitrogen and oxygen atoms in total. The van der Waals surface area contributed by atoms with Crippen LogP contribution in [0, 0.1) is 0 Å². The van der Waals surface area contributed by atoms with Crippen LogP contribution in [-0.4, -0.2) is 24.9 Å². The van der Waals surface area contributed by atoms with Gasteiger partial charge in [-0.05, 0) is 17.7 Å². The maximum Gasteiger partial charge on any atom is 0.0908 e. The number of aliphatic hydroxyl groups is 1. The second kappa shape index (κ2) is 5.33. The van der Waals surface area contributed by atoms with Gasteiger partial charge in [0.05, 0.1) is 24.7 Å². The van der Waals surface area contributed by atoms with E-state index in [4.69, 9.17) is 5.11 Å². The van der Waals surface area contributed by atoms with Gasteiger partial charge >= 0.3 is 0 Å². The summed E-state index contributed by atoms with van der Waals surface area (Å²) in [5.74, 6) is 0. The monoisotopic (exact) mass is 254 g/mol. The fourth-order valence-electron chi connectivity index (χ4n) is 2.61. The lowest BCUT2D eigenvalue weighted by Crippen LogP contribution is -2.32. The van der Waals surface area contributed by atoms with Crippen LogP contribution in [0.2, 0.25) is 0 Å². The third kappa shape index (κ3) is 2.42. The molecule has 0 fully saturated rings. The molecule has 0 aromatic heterocycles. The number of hydrogen-bond donors (Lipinski definition) is 1. The standard InChI is InChI=1S/C16H18N2O/c19-11-10-17-13-18(12-14-6-2-1-3-7-14)16-9-5-4-8-15(16)17/h1-9,19H,10-13H2. The molecule has 3 heteroatoms. The highest BCUT2D eigenvalue weighted by atomic mass is 16.3. The van der Waals surface area contributed by atoms with Gasteiger partial charge in [0.15, 0.2) is 0 Å². The van der Waals surface area contributed by atoms with E-state index < -0.39 is 0 Å². The Morgan fingerprint density at radius 1 is 0.842 bits per heavy atom. The van der Waals surface area contributed by atoms with E-state index in [1.807, 2.05) is 6.07 Å². The first-order valence-corrected chi connectivity index (χ1v) is 6.62. The second-order valence-corrected chi connectivity index (χ2v) is 4.80. The van der Waals surface area contributed by atoms with Crippen molar-refractivity contribution in [1.29, 1.82) is 0 Å². The van der Waals surface area contributed by atoms with Crippen molar-refractivity contribution in [1.82, 2.24) is 0 Å². The Morgan fingerprint density at radius 2 is 1.47 bits per heavy atom. The average Bonchev–Trinajstić information content (AvgIpc) is 2.79. The molecular formula is C16H18N2O. The molecule has 19 heavy (non-hydrogen) atoms. The fourth-order valence-corrected chi connectivity index (χ4v) is 2.61. The van der Waals surface area contributed by atoms with Crippen molar-refractivity contribution >= 4 is 11.4 Å². The molecule has 0 aliphatic carbocycles. The van der Waals surface area contributed by atoms with Crippen LogP contribution in [0.25, 0.3) is 0 Å². The molecule has 2 aromatic carbocycles. The highest BCUT2D eigenvalue weighted by molar-refractivity contribution is 5.76. The highest BCUT2D eigenvalue weighted by Crippen LogP contribution is 2.36. The zero-order valence-electron chi connectivity index (χ0n) is 10.9. The normalized spacial score (nSPS) is 13.7. The molecule has 0 saturated heterocycles. The first-order valence-electron chi connectivity index (χ1n) is 6.62. The smallest absolute Gasteiger partial charge is 0.0908 e. The number of β-amino-alcohol motifs (C(OH)–C–C–N with tert-alkyl or cyclic N) is 1. The summed E-state index contributed by atoms with van der Waals surface area (Å²) in [5, 5.41) is 9.17. The molecule has 1 N–H and O–H groups in total. The molecule has 0 unspecified atom stereocenters. The molecule has 0 radical (unpaired) electrons. The number of anilines is 2. The molecule has 1 aliphatic heterocycles. The van der Waals surface area contributed by atoms with E-state index in [-0.39, 0.29) is 6.61 Å². The Bertz CT molecular complexity index is 541. The maximum absolute atomic E-state index is 9.17. The molecule has 0 spiro atoms. The molecule has 3 rings (SSSR count). The Balaban J connectivity index is 1.84. The topological polar surface area (TPSA) is 26.7 Å². The van der Waals surface area contributed by atoms with Crippen LogP contribution in [0.1, 0.15) is 5.56 Å². The van der Waals surface area contributed by atoms with Gasteiger partial charge in [0, 0.05) is 13.1 Å². The summed E-state index contributed by atoms with van der Waals surface area (Å²) in [7, 11) is 0. The van der Waals surface area contributed by atoms with E-state index >= 15 is 0 Å². The van der Waals surface area contributed by atoms with Crippen LogP contribution in [-0.2, 0) is 6.54 Å². The van der Waals surface area contributed by atoms with E-state index in [1.165, 1.54) is 16.9 Å². The zero-order valence-corrected chi connectivity index (χ0v) is 10.9. The van der Waals surface area contributed by atoms with E-state index in [9.17, 15) is 0 Å². The Labute approximate surface area is 113 Å². The third-order valence-electron chi connectivity index (χ3n) is 3.49. The predicted octanol–water partition coefficient (Wildman–Crippen LogP) is 2.46. The minimum atomic E-state index is 0.188. The van der Waals surface area contributed by atoms with Crippen LogP contribution in [0.15, 0.2) is 54.6 Å². The molecule has 2 aromatic rings. The maximum atomic E-state index is 9.17. The minimum absolute atomic E-state index is 0.188. The molecule has 1 aliphatic rings. The van der Waals surface area contributed by atoms with Crippen molar-refractivity contribution in [3.63, 3.8) is 0 Å². The zero-order chi connectivity index (χ0) is 13.1. The van der Waals surface area contributed by atoms with E-state index in [0.29, 0.717) is 6.54 Å². The van der Waals surface area contributed by atoms with Crippen LogP contribution < -0.4 is 9.80 Å². The van der Waals surface area contributed by atoms with Crippen molar-refractivity contribution in [3.05, 3.63) is 60.2 Å². The quantitative estimate of drug-likeness (QED) is 0.908. The van der Waals surface area contributed by atoms with E-state index in [2.05, 4.69) is 58.3 Å². The molecule has 1 heterocycles. The Morgan fingerprint density at radius 3 is 2.16 bits per heavy atom. The molecular weight excluding hydrogens is 236 g/mol. The summed E-state index contributed by atoms with van der Waals surface area (Å²) in [6.45, 7) is 2.62. The summed E-state index contributed by atoms with van der Waals surface area (Å²) in [6, 6.07) is 18.9. The first-order chi connectivity index (χ1) is 9.38. The summed E-state index contributed by atoms with van der Waals surface area (Å²) in [5.41, 5.74) is 3.77. The lowest BCUT2D eigenvalue weighted by Gasteiger charge is -2.21. The van der Waals surface area contributed by atoms with Gasteiger partial charge in [0.25, 0.3) is 0 Å². The van der Waals surface area contributed by atoms with Gasteiger partial charge in [-0.1, -0.05) is 42.5 Å². The summed E-state index contributed by atoms with van der Waals surface area (Å²) < 4.78 is 0. The van der Waals surface area contributed by atoms with Crippen molar-refractivity contribution < 1.29 is 5.11 Å². The largest absolute Gasteiger partial charge is 0.395 e. The SMILES string of the molecule is OCCN1CN(Cc2ccccc2)c2ccccc21. The van der Waals surface area contributed by atoms with Gasteiger partial charge in [-0.15, -0.1) is 0 Å². The Hall–Kier alpha value is -2.00. The van der Waals surface area contributed by atoms with Crippen molar-refractivity contribution in [2.24, 2.45) is 0 Å². The predicted molar refractivity (Wildman–Crippen MR) is 78.4 cm³/mol. The highest BCUT2D eigenvalue weighted by Gasteiger charge is 2.24. The van der Waals surface area contributed by atoms with Crippen LogP contribution in [0.4, 0.5) is 11.4 Å². The van der Waals surface area contributed by atoms with Gasteiger partial charge in [0.1, 0.15) is 0 Å². The van der Waals surface area contributed by atoms with Crippen LogP contribution in [0.3, 0.4) is 0 Å². The summed E-state index contributed by atoms with van der Waals surface area (Å²) in [4.78, 5) is 4.57. The molecule has 0 amide bonds. The lowest BCUT2D eigenvalue weighted by atomic mass is 10.2. The van der Waals surface area contributed by atoms with E-state index in [0.717, 1.165) is 13.2 Å². The molecule has 0 bridgehead atoms. The second-order valence-electron chi connectivity index (χ2n) is 4.80. The van der Waals surface area contributed by atoms with Gasteiger partial charge < -0.3 is 14.9 Å².